The lowest BCUT2D eigenvalue weighted by atomic mass is 9.50. The molecule has 1 saturated carbocycles. The Balaban J connectivity index is 1.56. The molecule has 466 valence electrons. The van der Waals surface area contributed by atoms with Crippen LogP contribution in [0.15, 0.2) is 41.5 Å². The molecule has 82 heavy (non-hydrogen) atoms. The molecule has 16 nitrogen and oxygen atoms in total. The second kappa shape index (κ2) is 34.5. The Bertz CT molecular complexity index is 2160. The Hall–Kier alpha value is -4.38. The maximum Gasteiger partial charge on any atom is 0.407 e. The van der Waals surface area contributed by atoms with E-state index >= 15 is 0 Å². The van der Waals surface area contributed by atoms with Gasteiger partial charge < -0.3 is 53.1 Å². The number of alkyl carbamates (subject to hydrolysis) is 1. The van der Waals surface area contributed by atoms with E-state index in [9.17, 15) is 33.9 Å². The fraction of sp³-hybridized carbons (Fsp3) is 0.788. The van der Waals surface area contributed by atoms with E-state index in [0.29, 0.717) is 17.6 Å². The third kappa shape index (κ3) is 20.4. The highest BCUT2D eigenvalue weighted by molar-refractivity contribution is 5.89. The molecule has 0 radical (unpaired) electrons. The summed E-state index contributed by atoms with van der Waals surface area (Å²) < 4.78 is 47.9. The van der Waals surface area contributed by atoms with Crippen molar-refractivity contribution in [3.63, 3.8) is 0 Å². The van der Waals surface area contributed by atoms with E-state index in [2.05, 4.69) is 19.2 Å². The highest BCUT2D eigenvalue weighted by Crippen LogP contribution is 2.59. The summed E-state index contributed by atoms with van der Waals surface area (Å²) in [5, 5.41) is 16.4. The van der Waals surface area contributed by atoms with Crippen LogP contribution < -0.4 is 5.32 Å². The van der Waals surface area contributed by atoms with Gasteiger partial charge in [0.05, 0.1) is 61.9 Å². The number of fused-ring (bicyclic) bond motifs is 1. The maximum absolute atomic E-state index is 14.7. The number of carbonyl (C=O) groups excluding carboxylic acids is 6. The summed E-state index contributed by atoms with van der Waals surface area (Å²) in [6.07, 6.45) is 17.2. The molecule has 1 aromatic rings. The summed E-state index contributed by atoms with van der Waals surface area (Å²) in [6, 6.07) is 8.34. The number of esters is 4. The standard InChI is InChI=1S/C66H107NO15/c1-13-15-17-19-21-23-24-26-28-31-35-48(34-30-27-25-22-20-18-16-14-2)43-78-55(69)38-39-56(70)79-53(42-67-62(73)82-63(5,6)7)61(72)80-52-41-66(74,64(8,9)57(46(52)3)47(4)75-11)59(81-60(71)49-36-32-29-33-37-49)58-50-44-77-51(50)40-54(76-12)65(58,10)45-68/h29,32-33,36-37,45,47-48,50-54,58-59,74H,13-28,30-31,34-35,38-44H2,1-12H3,(H,67,73)/t47?,48?,50?,51-,52+,53?,54?,58?,59+,65?,66?/m0/s1. The molecule has 1 saturated heterocycles. The second-order valence-electron chi connectivity index (χ2n) is 25.5. The van der Waals surface area contributed by atoms with Gasteiger partial charge in [-0.1, -0.05) is 161 Å². The Morgan fingerprint density at radius 3 is 1.84 bits per heavy atom. The quantitative estimate of drug-likeness (QED) is 0.0207. The Morgan fingerprint density at radius 1 is 0.793 bits per heavy atom. The lowest BCUT2D eigenvalue weighted by Gasteiger charge is -2.62. The lowest BCUT2D eigenvalue weighted by molar-refractivity contribution is -0.271. The zero-order valence-corrected chi connectivity index (χ0v) is 52.4. The first-order chi connectivity index (χ1) is 39.0. The normalized spacial score (nSPS) is 24.6. The van der Waals surface area contributed by atoms with Crippen molar-refractivity contribution in [2.45, 2.75) is 271 Å². The number of amides is 1. The van der Waals surface area contributed by atoms with Crippen molar-refractivity contribution in [1.82, 2.24) is 5.32 Å². The molecule has 2 fully saturated rings. The molecule has 1 heterocycles. The molecule has 8 unspecified atom stereocenters. The average molecular weight is 1150 g/mol. The number of nitrogens with one attached hydrogen (secondary N) is 1. The van der Waals surface area contributed by atoms with Crippen LogP contribution in [0.2, 0.25) is 0 Å². The van der Waals surface area contributed by atoms with Crippen molar-refractivity contribution in [2.75, 3.05) is 34.0 Å². The largest absolute Gasteiger partial charge is 0.465 e. The Labute approximate surface area is 492 Å². The minimum absolute atomic E-state index is 0.214. The minimum Gasteiger partial charge on any atom is -0.465 e. The Kier molecular flexibility index (Phi) is 29.5. The van der Waals surface area contributed by atoms with Crippen LogP contribution in [0.25, 0.3) is 0 Å². The molecule has 0 spiro atoms. The predicted octanol–water partition coefficient (Wildman–Crippen LogP) is 13.1. The van der Waals surface area contributed by atoms with Gasteiger partial charge in [-0.3, -0.25) is 9.59 Å². The number of carbonyl (C=O) groups is 6. The maximum atomic E-state index is 14.7. The fourth-order valence-corrected chi connectivity index (χ4v) is 12.9. The van der Waals surface area contributed by atoms with E-state index in [1.54, 1.807) is 71.9 Å². The second-order valence-corrected chi connectivity index (χ2v) is 25.5. The van der Waals surface area contributed by atoms with Crippen LogP contribution in [0.1, 0.15) is 234 Å². The minimum atomic E-state index is -2.10. The van der Waals surface area contributed by atoms with E-state index in [4.69, 9.17) is 37.9 Å². The summed E-state index contributed by atoms with van der Waals surface area (Å²) in [4.78, 5) is 82.8. The first kappa shape index (κ1) is 70.1. The van der Waals surface area contributed by atoms with Crippen molar-refractivity contribution < 1.29 is 71.8 Å². The van der Waals surface area contributed by atoms with Gasteiger partial charge in [0.15, 0.2) is 0 Å². The van der Waals surface area contributed by atoms with Crippen LogP contribution in [-0.2, 0) is 57.1 Å². The molecule has 16 heteroatoms. The van der Waals surface area contributed by atoms with E-state index in [0.717, 1.165) is 44.8 Å². The van der Waals surface area contributed by atoms with Crippen molar-refractivity contribution >= 4 is 36.3 Å². The zero-order valence-electron chi connectivity index (χ0n) is 52.4. The monoisotopic (exact) mass is 1150 g/mol. The van der Waals surface area contributed by atoms with Crippen LogP contribution >= 0.6 is 0 Å². The number of unbranched alkanes of at least 4 members (excludes halogenated alkanes) is 16. The van der Waals surface area contributed by atoms with Gasteiger partial charge in [0, 0.05) is 44.3 Å². The smallest absolute Gasteiger partial charge is 0.407 e. The first-order valence-corrected chi connectivity index (χ1v) is 31.4. The topological polar surface area (TPSA) is 209 Å². The van der Waals surface area contributed by atoms with E-state index in [1.807, 2.05) is 13.8 Å². The van der Waals surface area contributed by atoms with Crippen LogP contribution in [0.4, 0.5) is 4.79 Å². The Morgan fingerprint density at radius 2 is 1.34 bits per heavy atom. The molecule has 11 atom stereocenters. The number of rotatable bonds is 38. The van der Waals surface area contributed by atoms with Crippen molar-refractivity contribution in [3.05, 3.63) is 47.0 Å². The SMILES string of the molecule is CCCCCCCCCCCCC(CCCCCCCCCC)COC(=O)CCC(=O)OC(CNC(=O)OC(C)(C)C)C(=O)O[C@@H]1CC(O)([C@H](OC(=O)c2ccccc2)C2C3CO[C@H]3CC(OC)C2(C)C=O)C(C)(C)C(C(C)OC)=C1C. The number of aliphatic hydroxyl groups is 1. The van der Waals surface area contributed by atoms with Gasteiger partial charge in [0.1, 0.15) is 29.7 Å². The molecule has 4 rings (SSSR count). The van der Waals surface area contributed by atoms with Crippen molar-refractivity contribution in [3.8, 4) is 0 Å². The van der Waals surface area contributed by atoms with Gasteiger partial charge in [0.2, 0.25) is 6.10 Å². The molecular formula is C66H107NO15. The van der Waals surface area contributed by atoms with Gasteiger partial charge in [-0.05, 0) is 83.6 Å². The van der Waals surface area contributed by atoms with Crippen molar-refractivity contribution in [1.29, 1.82) is 0 Å². The number of methoxy groups -OCH3 is 2. The molecule has 2 N–H and O–H groups in total. The molecule has 2 aliphatic carbocycles. The zero-order chi connectivity index (χ0) is 60.5. The number of ether oxygens (including phenoxy) is 8. The number of benzene rings is 1. The van der Waals surface area contributed by atoms with Crippen LogP contribution in [-0.4, -0.2) is 123 Å². The molecule has 1 amide bonds. The summed E-state index contributed by atoms with van der Waals surface area (Å²) in [7, 11) is 3.02. The molecule has 1 aromatic carbocycles. The van der Waals surface area contributed by atoms with E-state index in [-0.39, 0.29) is 49.6 Å². The highest BCUT2D eigenvalue weighted by atomic mass is 16.6. The lowest BCUT2D eigenvalue weighted by Crippen LogP contribution is -2.71. The van der Waals surface area contributed by atoms with Gasteiger partial charge in [0.25, 0.3) is 0 Å². The van der Waals surface area contributed by atoms with Gasteiger partial charge in [-0.2, -0.15) is 0 Å². The van der Waals surface area contributed by atoms with Crippen LogP contribution in [0.3, 0.4) is 0 Å². The van der Waals surface area contributed by atoms with Gasteiger partial charge >= 0.3 is 30.0 Å². The summed E-state index contributed by atoms with van der Waals surface area (Å²) >= 11 is 0. The molecule has 0 aromatic heterocycles. The number of aldehydes is 1. The highest BCUT2D eigenvalue weighted by Gasteiger charge is 2.68. The molecule has 3 aliphatic rings. The van der Waals surface area contributed by atoms with Crippen LogP contribution in [0, 0.1) is 28.6 Å². The molecule has 1 aliphatic heterocycles. The summed E-state index contributed by atoms with van der Waals surface area (Å²) in [6.45, 7) is 18.3. The molecule has 0 bridgehead atoms. The van der Waals surface area contributed by atoms with Crippen molar-refractivity contribution in [2.24, 2.45) is 28.6 Å². The third-order valence-electron chi connectivity index (χ3n) is 17.9. The summed E-state index contributed by atoms with van der Waals surface area (Å²) in [5.74, 6) is -4.27. The number of hydrogen-bond acceptors (Lipinski definition) is 15. The fourth-order valence-electron chi connectivity index (χ4n) is 12.9. The third-order valence-corrected chi connectivity index (χ3v) is 17.9. The summed E-state index contributed by atoms with van der Waals surface area (Å²) in [5.41, 5.74) is -4.32. The van der Waals surface area contributed by atoms with Gasteiger partial charge in [-0.25, -0.2) is 14.4 Å². The van der Waals surface area contributed by atoms with Gasteiger partial charge in [-0.15, -0.1) is 0 Å². The van der Waals surface area contributed by atoms with Crippen LogP contribution in [0.5, 0.6) is 0 Å². The van der Waals surface area contributed by atoms with E-state index < -0.39 is 101 Å². The average Bonchev–Trinajstić information content (AvgIpc) is 2.95. The number of hydrogen-bond donors (Lipinski definition) is 2. The first-order valence-electron chi connectivity index (χ1n) is 31.4. The molecular weight excluding hydrogens is 1050 g/mol. The predicted molar refractivity (Wildman–Crippen MR) is 316 cm³/mol. The van der Waals surface area contributed by atoms with E-state index in [1.165, 1.54) is 104 Å².